The number of nitrogens with zero attached hydrogens (tertiary/aromatic N) is 2. The van der Waals surface area contributed by atoms with Gasteiger partial charge >= 0.3 is 0 Å². The van der Waals surface area contributed by atoms with Crippen molar-refractivity contribution in [1.82, 2.24) is 9.80 Å². The van der Waals surface area contributed by atoms with Gasteiger partial charge in [0.15, 0.2) is 0 Å². The van der Waals surface area contributed by atoms with E-state index in [1.807, 2.05) is 0 Å². The molecule has 0 amide bonds. The average molecular weight is 311 g/mol. The molecule has 0 unspecified atom stereocenters. The maximum atomic E-state index is 2.55. The van der Waals surface area contributed by atoms with Gasteiger partial charge in [-0.25, -0.2) is 0 Å². The highest BCUT2D eigenvalue weighted by Gasteiger charge is 2.17. The first kappa shape index (κ1) is 21.7. The van der Waals surface area contributed by atoms with Crippen LogP contribution in [-0.4, -0.2) is 42.1 Å². The summed E-state index contributed by atoms with van der Waals surface area (Å²) in [4.78, 5) is 5.10. The second kappa shape index (κ2) is 15.6. The van der Waals surface area contributed by atoms with Gasteiger partial charge in [0, 0.05) is 0 Å². The van der Waals surface area contributed by atoms with Gasteiger partial charge in [-0.3, -0.25) is 9.80 Å². The normalized spacial score (nSPS) is 12.4. The molecule has 0 bridgehead atoms. The van der Waals surface area contributed by atoms with Crippen molar-refractivity contribution in [1.29, 1.82) is 0 Å². The van der Waals surface area contributed by atoms with Crippen molar-refractivity contribution in [2.24, 2.45) is 0 Å². The molecule has 0 aromatic rings. The lowest BCUT2D eigenvalue weighted by molar-refractivity contribution is 0.0925. The molecule has 0 aliphatic carbocycles. The van der Waals surface area contributed by atoms with E-state index in [0.717, 1.165) is 26.2 Å². The molecule has 0 aliphatic heterocycles. The SMILES string of the molecule is CCCCCCCCCC=CC(N(CC)CC)N(CC)CC. The zero-order chi connectivity index (χ0) is 16.6. The van der Waals surface area contributed by atoms with Crippen molar-refractivity contribution in [3.8, 4) is 0 Å². The highest BCUT2D eigenvalue weighted by atomic mass is 15.3. The zero-order valence-electron chi connectivity index (χ0n) is 16.1. The van der Waals surface area contributed by atoms with Crippen molar-refractivity contribution < 1.29 is 0 Å². The molecule has 2 heteroatoms. The van der Waals surface area contributed by atoms with Crippen LogP contribution in [0.4, 0.5) is 0 Å². The van der Waals surface area contributed by atoms with Crippen LogP contribution in [-0.2, 0) is 0 Å². The van der Waals surface area contributed by atoms with Gasteiger partial charge in [-0.15, -0.1) is 0 Å². The Kier molecular flexibility index (Phi) is 15.3. The Hall–Kier alpha value is -0.340. The molecular formula is C20H42N2. The first-order valence-electron chi connectivity index (χ1n) is 9.89. The van der Waals surface area contributed by atoms with Gasteiger partial charge in [0.25, 0.3) is 0 Å². The number of likely N-dealkylation sites (N-methyl/N-ethyl adjacent to an activating group) is 2. The smallest absolute Gasteiger partial charge is 0.0814 e. The molecule has 0 atom stereocenters. The van der Waals surface area contributed by atoms with E-state index in [2.05, 4.69) is 56.6 Å². The zero-order valence-corrected chi connectivity index (χ0v) is 16.1. The van der Waals surface area contributed by atoms with E-state index in [1.54, 1.807) is 0 Å². The van der Waals surface area contributed by atoms with Crippen LogP contribution in [0.15, 0.2) is 12.2 Å². The predicted octanol–water partition coefficient (Wildman–Crippen LogP) is 5.69. The summed E-state index contributed by atoms with van der Waals surface area (Å²) in [6.45, 7) is 15.9. The van der Waals surface area contributed by atoms with Gasteiger partial charge in [-0.2, -0.15) is 0 Å². The Morgan fingerprint density at radius 3 is 1.55 bits per heavy atom. The van der Waals surface area contributed by atoms with Crippen LogP contribution < -0.4 is 0 Å². The molecular weight excluding hydrogens is 268 g/mol. The highest BCUT2D eigenvalue weighted by Crippen LogP contribution is 2.11. The molecule has 0 saturated carbocycles. The molecule has 0 radical (unpaired) electrons. The molecule has 22 heavy (non-hydrogen) atoms. The number of hydrogen-bond donors (Lipinski definition) is 0. The van der Waals surface area contributed by atoms with Crippen LogP contribution in [0, 0.1) is 0 Å². The van der Waals surface area contributed by atoms with Crippen LogP contribution in [0.5, 0.6) is 0 Å². The summed E-state index contributed by atoms with van der Waals surface area (Å²) in [5.74, 6) is 0. The lowest BCUT2D eigenvalue weighted by atomic mass is 10.1. The third-order valence-corrected chi connectivity index (χ3v) is 4.66. The van der Waals surface area contributed by atoms with Gasteiger partial charge in [-0.1, -0.05) is 85.3 Å². The van der Waals surface area contributed by atoms with E-state index >= 15 is 0 Å². The molecule has 0 aromatic carbocycles. The van der Waals surface area contributed by atoms with Crippen LogP contribution in [0.2, 0.25) is 0 Å². The van der Waals surface area contributed by atoms with Crippen LogP contribution >= 0.6 is 0 Å². The van der Waals surface area contributed by atoms with Gasteiger partial charge in [-0.05, 0) is 39.0 Å². The lowest BCUT2D eigenvalue weighted by Crippen LogP contribution is -2.47. The summed E-state index contributed by atoms with van der Waals surface area (Å²) < 4.78 is 0. The minimum atomic E-state index is 0.481. The molecule has 0 saturated heterocycles. The summed E-state index contributed by atoms with van der Waals surface area (Å²) in [6.07, 6.45) is 16.4. The van der Waals surface area contributed by atoms with E-state index in [-0.39, 0.29) is 0 Å². The molecule has 0 heterocycles. The van der Waals surface area contributed by atoms with Crippen molar-refractivity contribution in [2.45, 2.75) is 92.2 Å². The second-order valence-corrected chi connectivity index (χ2v) is 6.19. The topological polar surface area (TPSA) is 6.48 Å². The maximum absolute atomic E-state index is 2.55. The molecule has 0 spiro atoms. The van der Waals surface area contributed by atoms with Crippen LogP contribution in [0.1, 0.15) is 86.0 Å². The van der Waals surface area contributed by atoms with Crippen molar-refractivity contribution >= 4 is 0 Å². The second-order valence-electron chi connectivity index (χ2n) is 6.19. The van der Waals surface area contributed by atoms with Crippen LogP contribution in [0.25, 0.3) is 0 Å². The van der Waals surface area contributed by atoms with E-state index in [0.29, 0.717) is 6.17 Å². The maximum Gasteiger partial charge on any atom is 0.0814 e. The summed E-state index contributed by atoms with van der Waals surface area (Å²) in [7, 11) is 0. The number of allylic oxidation sites excluding steroid dienone is 1. The van der Waals surface area contributed by atoms with E-state index in [9.17, 15) is 0 Å². The van der Waals surface area contributed by atoms with Crippen LogP contribution in [0.3, 0.4) is 0 Å². The summed E-state index contributed by atoms with van der Waals surface area (Å²) in [6, 6.07) is 0. The van der Waals surface area contributed by atoms with Gasteiger partial charge in [0.2, 0.25) is 0 Å². The fraction of sp³-hybridized carbons (Fsp3) is 0.900. The molecule has 0 aliphatic rings. The Morgan fingerprint density at radius 2 is 1.09 bits per heavy atom. The Morgan fingerprint density at radius 1 is 0.636 bits per heavy atom. The fourth-order valence-electron chi connectivity index (χ4n) is 3.11. The summed E-state index contributed by atoms with van der Waals surface area (Å²) in [5.41, 5.74) is 0. The van der Waals surface area contributed by atoms with Crippen molar-refractivity contribution in [3.63, 3.8) is 0 Å². The monoisotopic (exact) mass is 310 g/mol. The molecule has 0 N–H and O–H groups in total. The average Bonchev–Trinajstić information content (AvgIpc) is 2.54. The third kappa shape index (κ3) is 9.63. The number of unbranched alkanes of at least 4 members (excludes halogenated alkanes) is 7. The Balaban J connectivity index is 4.09. The standard InChI is InChI=1S/C20H42N2/c1-6-11-12-13-14-15-16-17-18-19-20(21(7-2)8-3)22(9-4)10-5/h18-20H,6-17H2,1-5H3. The van der Waals surface area contributed by atoms with Gasteiger partial charge in [0.05, 0.1) is 6.17 Å². The first-order chi connectivity index (χ1) is 10.7. The Bertz CT molecular complexity index is 230. The number of rotatable bonds is 15. The minimum absolute atomic E-state index is 0.481. The summed E-state index contributed by atoms with van der Waals surface area (Å²) >= 11 is 0. The highest BCUT2D eigenvalue weighted by molar-refractivity contribution is 4.94. The van der Waals surface area contributed by atoms with E-state index in [4.69, 9.17) is 0 Å². The largest absolute Gasteiger partial charge is 0.285 e. The third-order valence-electron chi connectivity index (χ3n) is 4.66. The van der Waals surface area contributed by atoms with Gasteiger partial charge < -0.3 is 0 Å². The molecule has 132 valence electrons. The molecule has 0 rings (SSSR count). The minimum Gasteiger partial charge on any atom is -0.285 e. The molecule has 0 aromatic heterocycles. The molecule has 0 fully saturated rings. The lowest BCUT2D eigenvalue weighted by Gasteiger charge is -2.36. The summed E-state index contributed by atoms with van der Waals surface area (Å²) in [5, 5.41) is 0. The van der Waals surface area contributed by atoms with E-state index in [1.165, 1.54) is 51.4 Å². The van der Waals surface area contributed by atoms with Crippen molar-refractivity contribution in [3.05, 3.63) is 12.2 Å². The van der Waals surface area contributed by atoms with E-state index < -0.39 is 0 Å². The fourth-order valence-corrected chi connectivity index (χ4v) is 3.11. The van der Waals surface area contributed by atoms with Crippen molar-refractivity contribution in [2.75, 3.05) is 26.2 Å². The quantitative estimate of drug-likeness (QED) is 0.218. The van der Waals surface area contributed by atoms with Gasteiger partial charge in [0.1, 0.15) is 0 Å². The predicted molar refractivity (Wildman–Crippen MR) is 101 cm³/mol. The number of hydrogen-bond acceptors (Lipinski definition) is 2. The first-order valence-corrected chi connectivity index (χ1v) is 9.89. The molecule has 2 nitrogen and oxygen atoms in total. The Labute approximate surface area is 141 Å².